The van der Waals surface area contributed by atoms with Crippen LogP contribution >= 0.6 is 11.3 Å². The largest absolute Gasteiger partial charge is 0.390 e. The zero-order chi connectivity index (χ0) is 13.2. The predicted molar refractivity (Wildman–Crippen MR) is 84.8 cm³/mol. The maximum absolute atomic E-state index is 6.27. The van der Waals surface area contributed by atoms with Crippen molar-refractivity contribution in [3.63, 3.8) is 0 Å². The highest BCUT2D eigenvalue weighted by molar-refractivity contribution is 7.16. The fourth-order valence-electron chi connectivity index (χ4n) is 3.03. The Morgan fingerprint density at radius 3 is 2.58 bits per heavy atom. The van der Waals surface area contributed by atoms with Gasteiger partial charge in [-0.05, 0) is 48.8 Å². The summed E-state index contributed by atoms with van der Waals surface area (Å²) in [5.74, 6) is 0. The highest BCUT2D eigenvalue weighted by Gasteiger charge is 2.20. The molecule has 1 aromatic heterocycles. The van der Waals surface area contributed by atoms with Crippen LogP contribution in [0.25, 0.3) is 11.1 Å². The molecule has 0 bridgehead atoms. The normalized spacial score (nSPS) is 14.4. The molecule has 1 aliphatic carbocycles. The van der Waals surface area contributed by atoms with Gasteiger partial charge in [-0.15, -0.1) is 11.3 Å². The van der Waals surface area contributed by atoms with Crippen LogP contribution < -0.4 is 5.73 Å². The fraction of sp³-hybridized carbons (Fsp3) is 0.412. The number of thiophene rings is 1. The average molecular weight is 271 g/mol. The molecule has 0 amide bonds. The third-order valence-electron chi connectivity index (χ3n) is 3.98. The maximum atomic E-state index is 6.27. The standard InChI is InChI=1S/C17H21NS/c1-2-5-12-8-10-13(11-9-12)16-14-6-3-4-7-15(14)19-17(16)18/h8-11H,2-7,18H2,1H3. The van der Waals surface area contributed by atoms with Gasteiger partial charge in [-0.2, -0.15) is 0 Å². The lowest BCUT2D eigenvalue weighted by Crippen LogP contribution is -1.99. The molecule has 0 unspecified atom stereocenters. The number of nitrogens with two attached hydrogens (primary N) is 1. The molecule has 2 aromatic rings. The summed E-state index contributed by atoms with van der Waals surface area (Å²) in [4.78, 5) is 1.52. The van der Waals surface area contributed by atoms with E-state index in [0.717, 1.165) is 11.4 Å². The van der Waals surface area contributed by atoms with Crippen LogP contribution in [0.2, 0.25) is 0 Å². The van der Waals surface area contributed by atoms with Crippen LogP contribution in [0.5, 0.6) is 0 Å². The fourth-order valence-corrected chi connectivity index (χ4v) is 4.21. The molecule has 2 N–H and O–H groups in total. The molecule has 19 heavy (non-hydrogen) atoms. The zero-order valence-electron chi connectivity index (χ0n) is 11.5. The minimum atomic E-state index is 1.01. The van der Waals surface area contributed by atoms with Crippen molar-refractivity contribution >= 4 is 16.3 Å². The van der Waals surface area contributed by atoms with E-state index in [2.05, 4.69) is 31.2 Å². The van der Waals surface area contributed by atoms with Crippen LogP contribution in [-0.2, 0) is 19.3 Å². The summed E-state index contributed by atoms with van der Waals surface area (Å²) in [6.45, 7) is 2.22. The van der Waals surface area contributed by atoms with Crippen LogP contribution in [0.3, 0.4) is 0 Å². The Morgan fingerprint density at radius 2 is 1.84 bits per heavy atom. The molecule has 0 radical (unpaired) electrons. The second-order valence-corrected chi connectivity index (χ2v) is 6.53. The number of aryl methyl sites for hydroxylation is 2. The number of nitrogen functional groups attached to an aromatic ring is 1. The SMILES string of the molecule is CCCc1ccc(-c2c(N)sc3c2CCCC3)cc1. The van der Waals surface area contributed by atoms with E-state index in [4.69, 9.17) is 5.73 Å². The molecule has 1 aromatic carbocycles. The van der Waals surface area contributed by atoms with E-state index in [0.29, 0.717) is 0 Å². The van der Waals surface area contributed by atoms with Crippen molar-refractivity contribution in [2.24, 2.45) is 0 Å². The minimum absolute atomic E-state index is 1.01. The first-order valence-corrected chi connectivity index (χ1v) is 8.10. The van der Waals surface area contributed by atoms with E-state index in [9.17, 15) is 0 Å². The van der Waals surface area contributed by atoms with Crippen molar-refractivity contribution in [1.82, 2.24) is 0 Å². The van der Waals surface area contributed by atoms with Gasteiger partial charge in [-0.25, -0.2) is 0 Å². The molecule has 1 aliphatic rings. The molecule has 0 saturated carbocycles. The smallest absolute Gasteiger partial charge is 0.0941 e. The Morgan fingerprint density at radius 1 is 1.11 bits per heavy atom. The summed E-state index contributed by atoms with van der Waals surface area (Å²) < 4.78 is 0. The van der Waals surface area contributed by atoms with Crippen LogP contribution in [0.1, 0.15) is 42.2 Å². The van der Waals surface area contributed by atoms with Gasteiger partial charge in [0, 0.05) is 10.4 Å². The van der Waals surface area contributed by atoms with Crippen LogP contribution in [0.15, 0.2) is 24.3 Å². The Bertz CT molecular complexity index is 566. The maximum Gasteiger partial charge on any atom is 0.0941 e. The van der Waals surface area contributed by atoms with Crippen molar-refractivity contribution in [2.75, 3.05) is 5.73 Å². The van der Waals surface area contributed by atoms with Gasteiger partial charge in [0.2, 0.25) is 0 Å². The minimum Gasteiger partial charge on any atom is -0.390 e. The molecule has 0 fully saturated rings. The lowest BCUT2D eigenvalue weighted by atomic mass is 9.92. The third kappa shape index (κ3) is 2.42. The van der Waals surface area contributed by atoms with Crippen molar-refractivity contribution in [2.45, 2.75) is 45.4 Å². The van der Waals surface area contributed by atoms with Gasteiger partial charge >= 0.3 is 0 Å². The number of anilines is 1. The Hall–Kier alpha value is -1.28. The highest BCUT2D eigenvalue weighted by atomic mass is 32.1. The zero-order valence-corrected chi connectivity index (χ0v) is 12.4. The van der Waals surface area contributed by atoms with E-state index in [1.54, 1.807) is 11.3 Å². The van der Waals surface area contributed by atoms with Crippen molar-refractivity contribution in [1.29, 1.82) is 0 Å². The molecule has 2 heteroatoms. The van der Waals surface area contributed by atoms with Gasteiger partial charge in [-0.3, -0.25) is 0 Å². The average Bonchev–Trinajstić information content (AvgIpc) is 2.76. The van der Waals surface area contributed by atoms with Crippen molar-refractivity contribution in [3.05, 3.63) is 40.3 Å². The summed E-state index contributed by atoms with van der Waals surface area (Å²) in [7, 11) is 0. The molecule has 1 heterocycles. The van der Waals surface area contributed by atoms with Crippen LogP contribution in [0.4, 0.5) is 5.00 Å². The van der Waals surface area contributed by atoms with Crippen molar-refractivity contribution < 1.29 is 0 Å². The first-order chi connectivity index (χ1) is 9.29. The molecule has 0 saturated heterocycles. The molecule has 100 valence electrons. The Kier molecular flexibility index (Phi) is 3.61. The molecule has 3 rings (SSSR count). The second kappa shape index (κ2) is 5.38. The summed E-state index contributed by atoms with van der Waals surface area (Å²) in [6.07, 6.45) is 7.42. The molecular weight excluding hydrogens is 250 g/mol. The second-order valence-electron chi connectivity index (χ2n) is 5.40. The topological polar surface area (TPSA) is 26.0 Å². The van der Waals surface area contributed by atoms with E-state index in [-0.39, 0.29) is 0 Å². The van der Waals surface area contributed by atoms with Gasteiger partial charge in [0.1, 0.15) is 0 Å². The lowest BCUT2D eigenvalue weighted by molar-refractivity contribution is 0.698. The predicted octanol–water partition coefficient (Wildman–Crippen LogP) is 4.83. The summed E-state index contributed by atoms with van der Waals surface area (Å²) in [6, 6.07) is 9.01. The van der Waals surface area contributed by atoms with Crippen LogP contribution in [0, 0.1) is 0 Å². The molecule has 0 aliphatic heterocycles. The van der Waals surface area contributed by atoms with Crippen molar-refractivity contribution in [3.8, 4) is 11.1 Å². The Balaban J connectivity index is 1.99. The van der Waals surface area contributed by atoms with Crippen LogP contribution in [-0.4, -0.2) is 0 Å². The van der Waals surface area contributed by atoms with E-state index < -0.39 is 0 Å². The van der Waals surface area contributed by atoms with E-state index in [1.807, 2.05) is 0 Å². The van der Waals surface area contributed by atoms with Gasteiger partial charge in [-0.1, -0.05) is 37.6 Å². The van der Waals surface area contributed by atoms with Gasteiger partial charge in [0.15, 0.2) is 0 Å². The van der Waals surface area contributed by atoms with Gasteiger partial charge in [0.25, 0.3) is 0 Å². The van der Waals surface area contributed by atoms with Gasteiger partial charge in [0.05, 0.1) is 5.00 Å². The number of rotatable bonds is 3. The molecule has 0 atom stereocenters. The lowest BCUT2D eigenvalue weighted by Gasteiger charge is -2.13. The highest BCUT2D eigenvalue weighted by Crippen LogP contribution is 2.42. The summed E-state index contributed by atoms with van der Waals surface area (Å²) in [5.41, 5.74) is 11.8. The number of benzene rings is 1. The first-order valence-electron chi connectivity index (χ1n) is 7.29. The molecular formula is C17H21NS. The third-order valence-corrected chi connectivity index (χ3v) is 5.10. The van der Waals surface area contributed by atoms with E-state index in [1.165, 1.54) is 59.2 Å². The molecule has 1 nitrogen and oxygen atoms in total. The quantitative estimate of drug-likeness (QED) is 0.850. The van der Waals surface area contributed by atoms with E-state index >= 15 is 0 Å². The summed E-state index contributed by atoms with van der Waals surface area (Å²) >= 11 is 1.80. The summed E-state index contributed by atoms with van der Waals surface area (Å²) in [5, 5.41) is 1.01. The first kappa shape index (κ1) is 12.7. The monoisotopic (exact) mass is 271 g/mol. The number of hydrogen-bond acceptors (Lipinski definition) is 2. The van der Waals surface area contributed by atoms with Gasteiger partial charge < -0.3 is 5.73 Å². The number of fused-ring (bicyclic) bond motifs is 1. The number of hydrogen-bond donors (Lipinski definition) is 1. The molecule has 0 spiro atoms. The Labute approximate surface area is 119 Å².